The maximum absolute atomic E-state index is 14.9. The number of carbonyl (C=O) groups is 2. The Balaban J connectivity index is 1.75. The van der Waals surface area contributed by atoms with Gasteiger partial charge in [0.05, 0.1) is 17.9 Å². The van der Waals surface area contributed by atoms with E-state index in [1.54, 1.807) is 14.2 Å². The average Bonchev–Trinajstić information content (AvgIpc) is 3.54. The maximum Gasteiger partial charge on any atom is 0.261 e. The van der Waals surface area contributed by atoms with Crippen LogP contribution in [0.1, 0.15) is 74.1 Å². The van der Waals surface area contributed by atoms with E-state index in [9.17, 15) is 9.59 Å². The Labute approximate surface area is 272 Å². The van der Waals surface area contributed by atoms with Gasteiger partial charge in [0.25, 0.3) is 8.32 Å². The summed E-state index contributed by atoms with van der Waals surface area (Å²) in [4.78, 5) is 28.7. The van der Waals surface area contributed by atoms with Gasteiger partial charge in [-0.2, -0.15) is 0 Å². The van der Waals surface area contributed by atoms with Gasteiger partial charge in [-0.05, 0) is 79.3 Å². The SMILES string of the molecule is COCO[C@]1(COC)CC[C@@H]([C@@H](C)CO[Si](c2ccccc2)(c2ccccc2)C(C)(C)C)[C@@H]1C(=O)[C@]1(C)CCC(=C(C)C)C1=O. The zero-order valence-electron chi connectivity index (χ0n) is 28.9. The van der Waals surface area contributed by atoms with Crippen molar-refractivity contribution in [2.24, 2.45) is 23.2 Å². The van der Waals surface area contributed by atoms with Crippen molar-refractivity contribution in [2.75, 3.05) is 34.2 Å². The standard InChI is InChI=1S/C38H54O6Si/c1-27(2)31-20-22-37(7,34(31)39)35(40)33-32(21-23-38(33,25-41-8)43-26-42-9)28(3)24-44-45(36(4,5)6,29-16-12-10-13-17-29)30-18-14-11-15-19-30/h10-19,28,32-33H,20-26H2,1-9H3/t28-,32-,33+,37+,38-/m0/s1. The molecule has 0 spiro atoms. The first-order valence-corrected chi connectivity index (χ1v) is 18.3. The average molecular weight is 635 g/mol. The highest BCUT2D eigenvalue weighted by Crippen LogP contribution is 2.53. The molecule has 2 fully saturated rings. The topological polar surface area (TPSA) is 71.1 Å². The van der Waals surface area contributed by atoms with Gasteiger partial charge in [0.1, 0.15) is 12.4 Å². The first kappa shape index (κ1) is 35.4. The number of Topliss-reactive ketones (excluding diaryl/α,β-unsaturated/α-hetero) is 2. The summed E-state index contributed by atoms with van der Waals surface area (Å²) >= 11 is 0. The summed E-state index contributed by atoms with van der Waals surface area (Å²) in [5.74, 6) is -0.628. The lowest BCUT2D eigenvalue weighted by Gasteiger charge is -2.44. The first-order valence-electron chi connectivity index (χ1n) is 16.4. The molecule has 0 amide bonds. The van der Waals surface area contributed by atoms with Crippen molar-refractivity contribution in [2.45, 2.75) is 84.8 Å². The number of benzene rings is 2. The van der Waals surface area contributed by atoms with Gasteiger partial charge in [-0.15, -0.1) is 0 Å². The van der Waals surface area contributed by atoms with Crippen LogP contribution in [0, 0.1) is 23.2 Å². The Bertz CT molecular complexity index is 1310. The summed E-state index contributed by atoms with van der Waals surface area (Å²) < 4.78 is 24.9. The third-order valence-electron chi connectivity index (χ3n) is 10.5. The highest BCUT2D eigenvalue weighted by Gasteiger charge is 2.61. The number of hydrogen-bond acceptors (Lipinski definition) is 6. The second-order valence-electron chi connectivity index (χ2n) is 14.7. The second-order valence-corrected chi connectivity index (χ2v) is 19.0. The van der Waals surface area contributed by atoms with E-state index in [1.807, 2.05) is 20.8 Å². The molecule has 0 radical (unpaired) electrons. The number of rotatable bonds is 13. The van der Waals surface area contributed by atoms with Crippen molar-refractivity contribution < 1.29 is 28.2 Å². The van der Waals surface area contributed by atoms with E-state index < -0.39 is 25.3 Å². The Kier molecular flexibility index (Phi) is 11.1. The minimum atomic E-state index is -2.78. The lowest BCUT2D eigenvalue weighted by molar-refractivity contribution is -0.183. The van der Waals surface area contributed by atoms with Crippen LogP contribution in [0.3, 0.4) is 0 Å². The Morgan fingerprint density at radius 3 is 2.00 bits per heavy atom. The van der Waals surface area contributed by atoms with Crippen molar-refractivity contribution in [3.63, 3.8) is 0 Å². The molecule has 0 unspecified atom stereocenters. The van der Waals surface area contributed by atoms with Crippen LogP contribution >= 0.6 is 0 Å². The molecule has 2 aliphatic rings. The van der Waals surface area contributed by atoms with Crippen LogP contribution in [-0.4, -0.2) is 59.7 Å². The van der Waals surface area contributed by atoms with E-state index in [2.05, 4.69) is 88.4 Å². The van der Waals surface area contributed by atoms with Gasteiger partial charge in [-0.3, -0.25) is 9.59 Å². The van der Waals surface area contributed by atoms with E-state index in [1.165, 1.54) is 10.4 Å². The molecule has 0 N–H and O–H groups in total. The Hall–Kier alpha value is -2.42. The fourth-order valence-corrected chi connectivity index (χ4v) is 12.8. The zero-order valence-corrected chi connectivity index (χ0v) is 29.9. The van der Waals surface area contributed by atoms with Crippen LogP contribution in [0.2, 0.25) is 5.04 Å². The molecule has 0 aliphatic heterocycles. The number of hydrogen-bond donors (Lipinski definition) is 0. The van der Waals surface area contributed by atoms with Crippen molar-refractivity contribution in [1.29, 1.82) is 0 Å². The van der Waals surface area contributed by atoms with E-state index in [-0.39, 0.29) is 41.8 Å². The first-order chi connectivity index (χ1) is 21.3. The van der Waals surface area contributed by atoms with Crippen molar-refractivity contribution >= 4 is 30.3 Å². The number of methoxy groups -OCH3 is 2. The molecule has 0 saturated heterocycles. The molecule has 6 nitrogen and oxygen atoms in total. The molecule has 4 rings (SSSR count). The van der Waals surface area contributed by atoms with Gasteiger partial charge in [-0.25, -0.2) is 0 Å². The molecular formula is C38H54O6Si. The van der Waals surface area contributed by atoms with Crippen LogP contribution in [0.4, 0.5) is 0 Å². The third kappa shape index (κ3) is 6.57. The predicted octanol–water partition coefficient (Wildman–Crippen LogP) is 6.51. The largest absolute Gasteiger partial charge is 0.407 e. The normalized spacial score (nSPS) is 26.3. The van der Waals surface area contributed by atoms with Gasteiger partial charge >= 0.3 is 0 Å². The summed E-state index contributed by atoms with van der Waals surface area (Å²) in [6.45, 7) is 15.6. The highest BCUT2D eigenvalue weighted by molar-refractivity contribution is 6.99. The third-order valence-corrected chi connectivity index (χ3v) is 15.5. The van der Waals surface area contributed by atoms with Gasteiger partial charge in [0.2, 0.25) is 0 Å². The molecule has 7 heteroatoms. The van der Waals surface area contributed by atoms with E-state index in [0.29, 0.717) is 25.9 Å². The molecule has 2 aromatic rings. The van der Waals surface area contributed by atoms with Crippen LogP contribution in [0.25, 0.3) is 0 Å². The number of carbonyl (C=O) groups excluding carboxylic acids is 2. The molecule has 0 aromatic heterocycles. The molecule has 2 saturated carbocycles. The van der Waals surface area contributed by atoms with E-state index in [0.717, 1.165) is 17.6 Å². The second kappa shape index (κ2) is 14.1. The molecule has 2 aliphatic carbocycles. The summed E-state index contributed by atoms with van der Waals surface area (Å²) in [6.07, 6.45) is 2.57. The lowest BCUT2D eigenvalue weighted by atomic mass is 9.68. The molecule has 2 aromatic carbocycles. The number of allylic oxidation sites excluding steroid dienone is 2. The van der Waals surface area contributed by atoms with Crippen molar-refractivity contribution in [3.8, 4) is 0 Å². The fraction of sp³-hybridized carbons (Fsp3) is 0.579. The van der Waals surface area contributed by atoms with Gasteiger partial charge < -0.3 is 18.6 Å². The highest BCUT2D eigenvalue weighted by atomic mass is 28.4. The maximum atomic E-state index is 14.9. The van der Waals surface area contributed by atoms with Crippen molar-refractivity contribution in [1.82, 2.24) is 0 Å². The monoisotopic (exact) mass is 634 g/mol. The van der Waals surface area contributed by atoms with E-state index in [4.69, 9.17) is 18.6 Å². The van der Waals surface area contributed by atoms with Gasteiger partial charge in [0.15, 0.2) is 11.6 Å². The zero-order chi connectivity index (χ0) is 33.0. The summed E-state index contributed by atoms with van der Waals surface area (Å²) in [7, 11) is 0.457. The fourth-order valence-electron chi connectivity index (χ4n) is 8.09. The Morgan fingerprint density at radius 1 is 0.956 bits per heavy atom. The van der Waals surface area contributed by atoms with Gasteiger partial charge in [-0.1, -0.05) is 93.9 Å². The molecular weight excluding hydrogens is 580 g/mol. The Morgan fingerprint density at radius 2 is 1.53 bits per heavy atom. The number of ketones is 2. The summed E-state index contributed by atoms with van der Waals surface area (Å²) in [5, 5.41) is 2.29. The molecule has 0 bridgehead atoms. The molecule has 0 heterocycles. The molecule has 246 valence electrons. The number of ether oxygens (including phenoxy) is 3. The van der Waals surface area contributed by atoms with Crippen LogP contribution in [0.15, 0.2) is 71.8 Å². The van der Waals surface area contributed by atoms with Crippen LogP contribution in [0.5, 0.6) is 0 Å². The molecule has 5 atom stereocenters. The van der Waals surface area contributed by atoms with Crippen LogP contribution in [-0.2, 0) is 28.2 Å². The summed E-state index contributed by atoms with van der Waals surface area (Å²) in [5.41, 5.74) is -0.188. The van der Waals surface area contributed by atoms with Crippen LogP contribution < -0.4 is 10.4 Å². The smallest absolute Gasteiger partial charge is 0.261 e. The van der Waals surface area contributed by atoms with Gasteiger partial charge in [0, 0.05) is 20.8 Å². The van der Waals surface area contributed by atoms with Crippen molar-refractivity contribution in [3.05, 3.63) is 71.8 Å². The predicted molar refractivity (Wildman–Crippen MR) is 182 cm³/mol. The minimum absolute atomic E-state index is 0.0218. The molecule has 45 heavy (non-hydrogen) atoms. The van der Waals surface area contributed by atoms with E-state index >= 15 is 0 Å². The minimum Gasteiger partial charge on any atom is -0.407 e. The quantitative estimate of drug-likeness (QED) is 0.108. The lowest BCUT2D eigenvalue weighted by Crippen LogP contribution is -2.67. The summed E-state index contributed by atoms with van der Waals surface area (Å²) in [6, 6.07) is 21.3.